The summed E-state index contributed by atoms with van der Waals surface area (Å²) in [7, 11) is 3.25. The van der Waals surface area contributed by atoms with Crippen LogP contribution in [-0.4, -0.2) is 34.9 Å². The van der Waals surface area contributed by atoms with Crippen LogP contribution < -0.4 is 15.2 Å². The Morgan fingerprint density at radius 2 is 1.43 bits per heavy atom. The minimum absolute atomic E-state index is 0.193. The van der Waals surface area contributed by atoms with Crippen LogP contribution in [0.1, 0.15) is 16.8 Å². The summed E-state index contributed by atoms with van der Waals surface area (Å²) in [5.41, 5.74) is 8.80. The molecular formula is C28H26N4O3. The van der Waals surface area contributed by atoms with Crippen molar-refractivity contribution in [2.45, 2.75) is 13.1 Å². The number of allylic oxidation sites excluding steroid dienone is 1. The van der Waals surface area contributed by atoms with E-state index in [-0.39, 0.29) is 5.91 Å². The van der Waals surface area contributed by atoms with Gasteiger partial charge in [-0.15, -0.1) is 0 Å². The van der Waals surface area contributed by atoms with E-state index in [9.17, 15) is 4.79 Å². The van der Waals surface area contributed by atoms with Gasteiger partial charge < -0.3 is 20.1 Å². The molecule has 0 atom stereocenters. The Kier molecular flexibility index (Phi) is 7.03. The van der Waals surface area contributed by atoms with Crippen molar-refractivity contribution >= 4 is 11.7 Å². The quantitative estimate of drug-likeness (QED) is 0.555. The first kappa shape index (κ1) is 23.5. The number of aromatic nitrogens is 1. The molecule has 0 spiro atoms. The Hall–Kier alpha value is -4.70. The molecule has 7 nitrogen and oxygen atoms in total. The maximum atomic E-state index is 13.1. The maximum Gasteiger partial charge on any atom is 0.255 e. The molecule has 2 N–H and O–H groups in total. The van der Waals surface area contributed by atoms with Crippen LogP contribution in [0.3, 0.4) is 0 Å². The van der Waals surface area contributed by atoms with Gasteiger partial charge in [0.15, 0.2) is 0 Å². The summed E-state index contributed by atoms with van der Waals surface area (Å²) < 4.78 is 10.5. The Balaban J connectivity index is 1.65. The number of nitrogen functional groups attached to an aromatic ring is 1. The van der Waals surface area contributed by atoms with Gasteiger partial charge >= 0.3 is 0 Å². The van der Waals surface area contributed by atoms with Crippen LogP contribution in [-0.2, 0) is 17.9 Å². The summed E-state index contributed by atoms with van der Waals surface area (Å²) in [5.74, 6) is 8.35. The van der Waals surface area contributed by atoms with Crippen LogP contribution >= 0.6 is 0 Å². The van der Waals surface area contributed by atoms with Gasteiger partial charge in [0.05, 0.1) is 33.0 Å². The largest absolute Gasteiger partial charge is 0.497 e. The van der Waals surface area contributed by atoms with Crippen LogP contribution in [0.5, 0.6) is 11.5 Å². The minimum atomic E-state index is -0.193. The number of methoxy groups -OCH3 is 2. The zero-order valence-corrected chi connectivity index (χ0v) is 19.7. The SMILES string of the molecule is C=C1N(Cc2ccc(OC)cc2)C(=O)C=C(C#Cc2cccc(N)n2)N1Cc1ccc(OC)cc1. The van der Waals surface area contributed by atoms with Crippen molar-refractivity contribution in [3.8, 4) is 23.3 Å². The molecule has 176 valence electrons. The smallest absolute Gasteiger partial charge is 0.255 e. The molecule has 1 amide bonds. The highest BCUT2D eigenvalue weighted by Gasteiger charge is 2.28. The monoisotopic (exact) mass is 466 g/mol. The maximum absolute atomic E-state index is 13.1. The van der Waals surface area contributed by atoms with Gasteiger partial charge in [0.1, 0.15) is 28.8 Å². The Morgan fingerprint density at radius 1 is 0.857 bits per heavy atom. The van der Waals surface area contributed by atoms with Crippen LogP contribution in [0, 0.1) is 11.8 Å². The van der Waals surface area contributed by atoms with Crippen LogP contribution in [0.15, 0.2) is 90.9 Å². The van der Waals surface area contributed by atoms with Crippen molar-refractivity contribution in [2.75, 3.05) is 20.0 Å². The zero-order valence-electron chi connectivity index (χ0n) is 19.7. The summed E-state index contributed by atoms with van der Waals surface area (Å²) in [5, 5.41) is 0. The van der Waals surface area contributed by atoms with E-state index in [1.54, 1.807) is 37.3 Å². The number of anilines is 1. The summed E-state index contributed by atoms with van der Waals surface area (Å²) in [6, 6.07) is 20.6. The lowest BCUT2D eigenvalue weighted by molar-refractivity contribution is -0.126. The number of pyridine rings is 1. The summed E-state index contributed by atoms with van der Waals surface area (Å²) in [6.07, 6.45) is 1.53. The number of hydrogen-bond acceptors (Lipinski definition) is 6. The normalized spacial score (nSPS) is 13.1. The Labute approximate surface area is 205 Å². The molecule has 3 aromatic rings. The molecule has 0 aliphatic carbocycles. The molecule has 35 heavy (non-hydrogen) atoms. The van der Waals surface area contributed by atoms with E-state index in [0.29, 0.717) is 36.1 Å². The highest BCUT2D eigenvalue weighted by Crippen LogP contribution is 2.27. The predicted molar refractivity (Wildman–Crippen MR) is 135 cm³/mol. The van der Waals surface area contributed by atoms with Crippen molar-refractivity contribution < 1.29 is 14.3 Å². The van der Waals surface area contributed by atoms with Gasteiger partial charge in [0.25, 0.3) is 5.91 Å². The van der Waals surface area contributed by atoms with Crippen molar-refractivity contribution in [2.24, 2.45) is 0 Å². The highest BCUT2D eigenvalue weighted by molar-refractivity contribution is 5.91. The predicted octanol–water partition coefficient (Wildman–Crippen LogP) is 3.93. The molecule has 0 bridgehead atoms. The molecule has 4 rings (SSSR count). The second kappa shape index (κ2) is 10.5. The van der Waals surface area contributed by atoms with E-state index in [2.05, 4.69) is 23.4 Å². The van der Waals surface area contributed by atoms with Crippen molar-refractivity contribution in [3.63, 3.8) is 0 Å². The third-order valence-electron chi connectivity index (χ3n) is 5.53. The summed E-state index contributed by atoms with van der Waals surface area (Å²) in [4.78, 5) is 20.9. The van der Waals surface area contributed by atoms with Crippen molar-refractivity contribution in [1.82, 2.24) is 14.8 Å². The third kappa shape index (κ3) is 5.63. The second-order valence-electron chi connectivity index (χ2n) is 7.85. The fourth-order valence-electron chi connectivity index (χ4n) is 3.61. The van der Waals surface area contributed by atoms with E-state index in [1.807, 2.05) is 53.4 Å². The molecule has 1 aliphatic rings. The molecular weight excluding hydrogens is 440 g/mol. The number of nitrogens with two attached hydrogens (primary N) is 1. The van der Waals surface area contributed by atoms with Crippen LogP contribution in [0.25, 0.3) is 0 Å². The molecule has 2 heterocycles. The first-order valence-corrected chi connectivity index (χ1v) is 11.0. The van der Waals surface area contributed by atoms with E-state index in [0.717, 1.165) is 22.6 Å². The number of carbonyl (C=O) groups excluding carboxylic acids is 1. The molecule has 0 unspecified atom stereocenters. The van der Waals surface area contributed by atoms with Gasteiger partial charge in [-0.25, -0.2) is 4.98 Å². The summed E-state index contributed by atoms with van der Waals surface area (Å²) >= 11 is 0. The number of nitrogens with zero attached hydrogens (tertiary/aromatic N) is 3. The fraction of sp³-hybridized carbons (Fsp3) is 0.143. The lowest BCUT2D eigenvalue weighted by Crippen LogP contribution is -2.41. The molecule has 0 saturated carbocycles. The first-order valence-electron chi connectivity index (χ1n) is 11.0. The fourth-order valence-corrected chi connectivity index (χ4v) is 3.61. The average Bonchev–Trinajstić information content (AvgIpc) is 2.88. The van der Waals surface area contributed by atoms with E-state index in [4.69, 9.17) is 15.2 Å². The molecule has 0 radical (unpaired) electrons. The minimum Gasteiger partial charge on any atom is -0.497 e. The molecule has 0 saturated heterocycles. The van der Waals surface area contributed by atoms with Gasteiger partial charge in [0.2, 0.25) is 0 Å². The molecule has 1 aromatic heterocycles. The van der Waals surface area contributed by atoms with Gasteiger partial charge in [-0.2, -0.15) is 0 Å². The molecule has 0 fully saturated rings. The molecule has 1 aliphatic heterocycles. The topological polar surface area (TPSA) is 80.9 Å². The molecule has 2 aromatic carbocycles. The molecule has 7 heteroatoms. The number of hydrogen-bond donors (Lipinski definition) is 1. The van der Waals surface area contributed by atoms with Gasteiger partial charge in [-0.1, -0.05) is 36.9 Å². The second-order valence-corrected chi connectivity index (χ2v) is 7.85. The zero-order chi connectivity index (χ0) is 24.8. The van der Waals surface area contributed by atoms with Gasteiger partial charge in [0, 0.05) is 6.08 Å². The number of ether oxygens (including phenoxy) is 2. The highest BCUT2D eigenvalue weighted by atomic mass is 16.5. The lowest BCUT2D eigenvalue weighted by atomic mass is 10.1. The Morgan fingerprint density at radius 3 is 1.97 bits per heavy atom. The number of benzene rings is 2. The van der Waals surface area contributed by atoms with Crippen LogP contribution in [0.4, 0.5) is 5.82 Å². The van der Waals surface area contributed by atoms with Crippen molar-refractivity contribution in [3.05, 3.63) is 108 Å². The Bertz CT molecular complexity index is 1320. The van der Waals surface area contributed by atoms with E-state index in [1.165, 1.54) is 6.08 Å². The van der Waals surface area contributed by atoms with Crippen molar-refractivity contribution in [1.29, 1.82) is 0 Å². The average molecular weight is 467 g/mol. The van der Waals surface area contributed by atoms with E-state index < -0.39 is 0 Å². The van der Waals surface area contributed by atoms with Crippen LogP contribution in [0.2, 0.25) is 0 Å². The van der Waals surface area contributed by atoms with E-state index >= 15 is 0 Å². The van der Waals surface area contributed by atoms with Gasteiger partial charge in [-0.3, -0.25) is 9.69 Å². The third-order valence-corrected chi connectivity index (χ3v) is 5.53. The standard InChI is InChI=1S/C28H26N4O3/c1-20-31(18-21-7-13-25(34-2)14-8-21)24(12-11-23-5-4-6-27(29)30-23)17-28(33)32(20)19-22-9-15-26(35-3)16-10-22/h4-10,13-17H,1,18-19H2,2-3H3,(H2,29,30). The number of amides is 1. The lowest BCUT2D eigenvalue weighted by Gasteiger charge is -2.37. The number of carbonyl (C=O) groups is 1. The van der Waals surface area contributed by atoms with Gasteiger partial charge in [-0.05, 0) is 59.4 Å². The first-order chi connectivity index (χ1) is 17.0. The summed E-state index contributed by atoms with van der Waals surface area (Å²) in [6.45, 7) is 5.09. The number of rotatable bonds is 6.